The number of ketones is 1. The van der Waals surface area contributed by atoms with Gasteiger partial charge in [0.1, 0.15) is 23.1 Å². The number of Topliss-reactive ketones (excluding diaryl/α,β-unsaturated/α-hetero) is 1. The first-order valence-corrected chi connectivity index (χ1v) is 13.7. The normalized spacial score (nSPS) is 27.3. The molecule has 10 heteroatoms. The van der Waals surface area contributed by atoms with Crippen molar-refractivity contribution >= 4 is 17.4 Å². The fraction of sp³-hybridized carbons (Fsp3) is 0.533. The first-order chi connectivity index (χ1) is 18.6. The van der Waals surface area contributed by atoms with Crippen molar-refractivity contribution in [2.24, 2.45) is 23.5 Å². The maximum Gasteiger partial charge on any atom is 0.252 e. The van der Waals surface area contributed by atoms with E-state index in [1.165, 1.54) is 6.07 Å². The van der Waals surface area contributed by atoms with Gasteiger partial charge in [0.25, 0.3) is 5.91 Å². The van der Waals surface area contributed by atoms with Crippen LogP contribution >= 0.6 is 0 Å². The molecule has 0 aromatic heterocycles. The molecule has 1 fully saturated rings. The summed E-state index contributed by atoms with van der Waals surface area (Å²) in [5.74, 6) is -5.25. The Morgan fingerprint density at radius 2 is 1.88 bits per heavy atom. The van der Waals surface area contributed by atoms with Gasteiger partial charge in [0.05, 0.1) is 17.2 Å². The maximum atomic E-state index is 16.1. The monoisotopic (exact) mass is 557 g/mol. The van der Waals surface area contributed by atoms with Crippen molar-refractivity contribution in [3.05, 3.63) is 57.6 Å². The Balaban J connectivity index is 1.86. The molecule has 3 aliphatic rings. The number of halogens is 1. The number of amides is 1. The molecule has 1 aromatic carbocycles. The maximum absolute atomic E-state index is 16.1. The lowest BCUT2D eigenvalue weighted by molar-refractivity contribution is -0.143. The molecule has 1 amide bonds. The van der Waals surface area contributed by atoms with Gasteiger partial charge in [-0.2, -0.15) is 0 Å². The number of likely N-dealkylation sites (N-methyl/N-ethyl adjacent to an activating group) is 1. The predicted molar refractivity (Wildman–Crippen MR) is 149 cm³/mol. The highest BCUT2D eigenvalue weighted by atomic mass is 19.1. The zero-order valence-corrected chi connectivity index (χ0v) is 24.0. The van der Waals surface area contributed by atoms with Crippen LogP contribution in [0.25, 0.3) is 5.76 Å². The fourth-order valence-electron chi connectivity index (χ4n) is 6.82. The van der Waals surface area contributed by atoms with Crippen molar-refractivity contribution in [2.45, 2.75) is 64.8 Å². The number of fused-ring (bicyclic) bond motifs is 3. The number of aromatic hydroxyl groups is 1. The number of aliphatic hydroxyl groups is 3. The molecule has 0 heterocycles. The number of nitrogens with zero attached hydrogens (tertiary/aromatic N) is 2. The van der Waals surface area contributed by atoms with Crippen molar-refractivity contribution in [1.29, 1.82) is 0 Å². The lowest BCUT2D eigenvalue weighted by Crippen LogP contribution is -2.63. The van der Waals surface area contributed by atoms with E-state index in [-0.39, 0.29) is 59.0 Å². The van der Waals surface area contributed by atoms with E-state index in [0.717, 1.165) is 0 Å². The second kappa shape index (κ2) is 10.3. The fourth-order valence-corrected chi connectivity index (χ4v) is 6.82. The van der Waals surface area contributed by atoms with E-state index in [1.807, 2.05) is 6.92 Å². The summed E-state index contributed by atoms with van der Waals surface area (Å²) in [5, 5.41) is 45.2. The van der Waals surface area contributed by atoms with Crippen LogP contribution in [-0.4, -0.2) is 80.2 Å². The van der Waals surface area contributed by atoms with E-state index in [9.17, 15) is 30.0 Å². The van der Waals surface area contributed by atoms with Gasteiger partial charge in [0, 0.05) is 40.8 Å². The van der Waals surface area contributed by atoms with Gasteiger partial charge in [-0.05, 0) is 58.3 Å². The first-order valence-electron chi connectivity index (χ1n) is 13.7. The number of hydrogen-bond acceptors (Lipinski definition) is 8. The van der Waals surface area contributed by atoms with E-state index < -0.39 is 58.1 Å². The molecule has 9 nitrogen and oxygen atoms in total. The zero-order valence-electron chi connectivity index (χ0n) is 24.0. The second-order valence-corrected chi connectivity index (χ2v) is 11.9. The molecule has 0 saturated heterocycles. The molecule has 0 aliphatic heterocycles. The summed E-state index contributed by atoms with van der Waals surface area (Å²) < 4.78 is 16.1. The molecule has 0 spiro atoms. The Morgan fingerprint density at radius 1 is 1.25 bits per heavy atom. The summed E-state index contributed by atoms with van der Waals surface area (Å²) in [6, 6.07) is 0.469. The average molecular weight is 558 g/mol. The third-order valence-electron chi connectivity index (χ3n) is 9.23. The number of carbonyl (C=O) groups is 2. The van der Waals surface area contributed by atoms with Crippen molar-refractivity contribution in [1.82, 2.24) is 9.80 Å². The Labute approximate surface area is 234 Å². The molecule has 3 aliphatic carbocycles. The molecule has 0 radical (unpaired) electrons. The molecule has 6 N–H and O–H groups in total. The summed E-state index contributed by atoms with van der Waals surface area (Å²) in [5.41, 5.74) is 2.39. The van der Waals surface area contributed by atoms with Crippen molar-refractivity contribution in [3.63, 3.8) is 0 Å². The van der Waals surface area contributed by atoms with Gasteiger partial charge in [0.15, 0.2) is 11.4 Å². The second-order valence-electron chi connectivity index (χ2n) is 11.9. The van der Waals surface area contributed by atoms with Crippen LogP contribution in [-0.2, 0) is 22.6 Å². The third-order valence-corrected chi connectivity index (χ3v) is 9.23. The Bertz CT molecular complexity index is 1350. The molecule has 0 unspecified atom stereocenters. The summed E-state index contributed by atoms with van der Waals surface area (Å²) in [7, 11) is 3.25. The molecule has 0 bridgehead atoms. The quantitative estimate of drug-likeness (QED) is 0.344. The lowest BCUT2D eigenvalue weighted by Gasteiger charge is -2.52. The highest BCUT2D eigenvalue weighted by Crippen LogP contribution is 2.54. The van der Waals surface area contributed by atoms with Crippen molar-refractivity contribution in [2.75, 3.05) is 20.6 Å². The highest BCUT2D eigenvalue weighted by Gasteiger charge is 2.62. The number of hydrogen-bond donors (Lipinski definition) is 5. The molecule has 1 aromatic rings. The number of benzene rings is 1. The minimum atomic E-state index is -2.36. The Kier molecular flexibility index (Phi) is 7.68. The van der Waals surface area contributed by atoms with E-state index >= 15 is 4.39 Å². The minimum Gasteiger partial charge on any atom is -0.510 e. The number of rotatable bonds is 7. The van der Waals surface area contributed by atoms with Crippen LogP contribution in [0.4, 0.5) is 4.39 Å². The predicted octanol–water partition coefficient (Wildman–Crippen LogP) is 2.96. The van der Waals surface area contributed by atoms with E-state index in [2.05, 4.69) is 32.3 Å². The van der Waals surface area contributed by atoms with Gasteiger partial charge in [-0.3, -0.25) is 19.4 Å². The van der Waals surface area contributed by atoms with Crippen LogP contribution in [0.1, 0.15) is 50.8 Å². The van der Waals surface area contributed by atoms with Crippen LogP contribution < -0.4 is 5.73 Å². The Hall–Kier alpha value is -3.21. The van der Waals surface area contributed by atoms with Gasteiger partial charge in [0.2, 0.25) is 0 Å². The standard InChI is InChI=1S/C30H40FN3O6/c1-8-34(15(5)13(2)3)12-17-11-20(35)23-18(24(17)31)9-16-10-19-25(33(6)7)27(37)21(29(32)39)14(4)30(19,40)28(38)22(16)26(23)36/h11,13,15-16,19,25,35-37,40H,4,8-10,12H2,1-3,5-7H3,(H2,32,39)/t15-,16+,19+,25+,30+/m1/s1. The molecule has 1 saturated carbocycles. The van der Waals surface area contributed by atoms with Crippen LogP contribution in [0.5, 0.6) is 5.75 Å². The van der Waals surface area contributed by atoms with Crippen molar-refractivity contribution < 1.29 is 34.4 Å². The first kappa shape index (κ1) is 29.8. The smallest absolute Gasteiger partial charge is 0.252 e. The van der Waals surface area contributed by atoms with Gasteiger partial charge in [-0.15, -0.1) is 0 Å². The molecule has 218 valence electrons. The summed E-state index contributed by atoms with van der Waals surface area (Å²) in [6.45, 7) is 12.9. The third kappa shape index (κ3) is 4.24. The van der Waals surface area contributed by atoms with E-state index in [1.54, 1.807) is 19.0 Å². The van der Waals surface area contributed by atoms with Gasteiger partial charge < -0.3 is 26.2 Å². The summed E-state index contributed by atoms with van der Waals surface area (Å²) in [4.78, 5) is 29.9. The zero-order chi connectivity index (χ0) is 30.0. The van der Waals surface area contributed by atoms with Gasteiger partial charge in [-0.1, -0.05) is 27.4 Å². The van der Waals surface area contributed by atoms with Gasteiger partial charge in [-0.25, -0.2) is 4.39 Å². The largest absolute Gasteiger partial charge is 0.510 e. The van der Waals surface area contributed by atoms with Crippen LogP contribution in [0, 0.1) is 23.6 Å². The number of primary amides is 1. The number of phenolic OH excluding ortho intramolecular Hbond substituents is 1. The summed E-state index contributed by atoms with van der Waals surface area (Å²) >= 11 is 0. The van der Waals surface area contributed by atoms with Crippen LogP contribution in [0.2, 0.25) is 0 Å². The molecule has 5 atom stereocenters. The summed E-state index contributed by atoms with van der Waals surface area (Å²) in [6.07, 6.45) is 0.0564. The van der Waals surface area contributed by atoms with Crippen LogP contribution in [0.3, 0.4) is 0 Å². The minimum absolute atomic E-state index is 0.00802. The number of aliphatic hydroxyl groups excluding tert-OH is 2. The molecule has 40 heavy (non-hydrogen) atoms. The number of carbonyl (C=O) groups excluding carboxylic acids is 2. The number of nitrogens with two attached hydrogens (primary N) is 1. The van der Waals surface area contributed by atoms with E-state index in [4.69, 9.17) is 5.73 Å². The van der Waals surface area contributed by atoms with Gasteiger partial charge >= 0.3 is 0 Å². The average Bonchev–Trinajstić information content (AvgIpc) is 2.86. The highest BCUT2D eigenvalue weighted by molar-refractivity contribution is 6.13. The molecular weight excluding hydrogens is 517 g/mol. The lowest BCUT2D eigenvalue weighted by atomic mass is 9.56. The Morgan fingerprint density at radius 3 is 2.40 bits per heavy atom. The van der Waals surface area contributed by atoms with Crippen molar-refractivity contribution in [3.8, 4) is 5.75 Å². The van der Waals surface area contributed by atoms with Crippen LogP contribution in [0.15, 0.2) is 35.1 Å². The SMILES string of the molecule is C=C1C(C(N)=O)=C(O)[C@@H](N(C)C)[C@@H]2C[C@@H]3Cc4c(F)c(CN(CC)[C@H](C)C(C)C)cc(O)c4C(O)=C3C(=O)[C@]12O. The molecule has 4 rings (SSSR count). The number of phenols is 1. The van der Waals surface area contributed by atoms with E-state index in [0.29, 0.717) is 12.5 Å². The molecular formula is C30H40FN3O6. The topological polar surface area (TPSA) is 148 Å².